The van der Waals surface area contributed by atoms with Gasteiger partial charge in [-0.25, -0.2) is 0 Å². The summed E-state index contributed by atoms with van der Waals surface area (Å²) in [5.41, 5.74) is 8.94. The molecule has 0 bridgehead atoms. The summed E-state index contributed by atoms with van der Waals surface area (Å²) in [6.45, 7) is 2.10. The molecule has 0 atom stereocenters. The number of nitrogens with zero attached hydrogens (tertiary/aromatic N) is 1. The summed E-state index contributed by atoms with van der Waals surface area (Å²) in [4.78, 5) is 2.21. The highest BCUT2D eigenvalue weighted by molar-refractivity contribution is 6.31. The van der Waals surface area contributed by atoms with Gasteiger partial charge in [0.25, 0.3) is 0 Å². The Morgan fingerprint density at radius 2 is 1.81 bits per heavy atom. The zero-order chi connectivity index (χ0) is 15.2. The highest BCUT2D eigenvalue weighted by Gasteiger charge is 2.08. The molecule has 0 aliphatic rings. The van der Waals surface area contributed by atoms with Crippen LogP contribution in [0.1, 0.15) is 16.7 Å². The maximum atomic E-state index is 6.31. The third-order valence-electron chi connectivity index (χ3n) is 3.43. The number of ether oxygens (including phenoxy) is 1. The van der Waals surface area contributed by atoms with Crippen LogP contribution < -0.4 is 10.5 Å². The molecule has 4 heteroatoms. The van der Waals surface area contributed by atoms with E-state index in [4.69, 9.17) is 22.1 Å². The number of halogens is 1. The molecule has 0 unspecified atom stereocenters. The van der Waals surface area contributed by atoms with Gasteiger partial charge in [-0.05, 0) is 30.3 Å². The Balaban J connectivity index is 2.06. The van der Waals surface area contributed by atoms with Crippen LogP contribution in [-0.4, -0.2) is 19.1 Å². The molecule has 2 aromatic carbocycles. The summed E-state index contributed by atoms with van der Waals surface area (Å²) in [7, 11) is 3.76. The first-order valence-corrected chi connectivity index (χ1v) is 7.29. The van der Waals surface area contributed by atoms with Crippen LogP contribution in [-0.2, 0) is 19.6 Å². The molecule has 0 aliphatic carbocycles. The lowest BCUT2D eigenvalue weighted by molar-refractivity contribution is 0.310. The van der Waals surface area contributed by atoms with Crippen molar-refractivity contribution in [1.29, 1.82) is 0 Å². The molecule has 3 nitrogen and oxygen atoms in total. The molecule has 2 N–H and O–H groups in total. The van der Waals surface area contributed by atoms with E-state index in [-0.39, 0.29) is 0 Å². The Hall–Kier alpha value is -1.55. The Labute approximate surface area is 131 Å². The van der Waals surface area contributed by atoms with Crippen molar-refractivity contribution in [2.24, 2.45) is 5.73 Å². The second-order valence-corrected chi connectivity index (χ2v) is 5.52. The van der Waals surface area contributed by atoms with Gasteiger partial charge in [0.1, 0.15) is 5.75 Å². The van der Waals surface area contributed by atoms with Gasteiger partial charge in [0.15, 0.2) is 0 Å². The average molecular weight is 305 g/mol. The van der Waals surface area contributed by atoms with E-state index in [0.717, 1.165) is 40.6 Å². The number of rotatable bonds is 6. The first-order valence-electron chi connectivity index (χ1n) is 6.92. The molecule has 0 amide bonds. The summed E-state index contributed by atoms with van der Waals surface area (Å²) in [5, 5.41) is 0.768. The lowest BCUT2D eigenvalue weighted by Gasteiger charge is -2.19. The van der Waals surface area contributed by atoms with Crippen LogP contribution in [0.3, 0.4) is 0 Å². The lowest BCUT2D eigenvalue weighted by Crippen LogP contribution is -2.18. The number of para-hydroxylation sites is 1. The fourth-order valence-electron chi connectivity index (χ4n) is 2.32. The molecule has 0 aliphatic heterocycles. The summed E-state index contributed by atoms with van der Waals surface area (Å²) in [6.07, 6.45) is 0. The van der Waals surface area contributed by atoms with Crippen molar-refractivity contribution in [2.75, 3.05) is 14.2 Å². The second kappa shape index (κ2) is 7.46. The van der Waals surface area contributed by atoms with Gasteiger partial charge in [0.2, 0.25) is 0 Å². The first kappa shape index (κ1) is 15.8. The molecule has 0 saturated carbocycles. The van der Waals surface area contributed by atoms with Crippen molar-refractivity contribution in [2.45, 2.75) is 19.6 Å². The van der Waals surface area contributed by atoms with Gasteiger partial charge in [-0.2, -0.15) is 0 Å². The minimum atomic E-state index is 0.511. The van der Waals surface area contributed by atoms with E-state index in [0.29, 0.717) is 6.54 Å². The van der Waals surface area contributed by atoms with E-state index >= 15 is 0 Å². The maximum Gasteiger partial charge on any atom is 0.123 e. The highest BCUT2D eigenvalue weighted by atomic mass is 35.5. The molecule has 0 heterocycles. The van der Waals surface area contributed by atoms with Gasteiger partial charge >= 0.3 is 0 Å². The fourth-order valence-corrected chi connectivity index (χ4v) is 2.58. The number of benzene rings is 2. The Morgan fingerprint density at radius 3 is 2.48 bits per heavy atom. The zero-order valence-electron chi connectivity index (χ0n) is 12.5. The molecular formula is C17H21ClN2O. The summed E-state index contributed by atoms with van der Waals surface area (Å²) < 4.78 is 5.38. The zero-order valence-corrected chi connectivity index (χ0v) is 13.2. The minimum absolute atomic E-state index is 0.511. The van der Waals surface area contributed by atoms with Crippen LogP contribution in [0.5, 0.6) is 5.75 Å². The molecule has 21 heavy (non-hydrogen) atoms. The molecule has 0 radical (unpaired) electrons. The summed E-state index contributed by atoms with van der Waals surface area (Å²) >= 11 is 6.31. The third-order valence-corrected chi connectivity index (χ3v) is 3.78. The van der Waals surface area contributed by atoms with E-state index in [2.05, 4.69) is 18.0 Å². The topological polar surface area (TPSA) is 38.5 Å². The van der Waals surface area contributed by atoms with Crippen molar-refractivity contribution < 1.29 is 4.74 Å². The van der Waals surface area contributed by atoms with Crippen molar-refractivity contribution in [3.05, 3.63) is 64.2 Å². The van der Waals surface area contributed by atoms with Gasteiger partial charge in [-0.15, -0.1) is 0 Å². The minimum Gasteiger partial charge on any atom is -0.496 e. The normalized spacial score (nSPS) is 10.9. The van der Waals surface area contributed by atoms with Gasteiger partial charge in [0.05, 0.1) is 7.11 Å². The largest absolute Gasteiger partial charge is 0.496 e. The lowest BCUT2D eigenvalue weighted by atomic mass is 10.1. The molecule has 2 rings (SSSR count). The summed E-state index contributed by atoms with van der Waals surface area (Å²) in [6, 6.07) is 14.1. The Kier molecular flexibility index (Phi) is 5.62. The van der Waals surface area contributed by atoms with E-state index in [1.165, 1.54) is 0 Å². The van der Waals surface area contributed by atoms with E-state index in [9.17, 15) is 0 Å². The average Bonchev–Trinajstić information content (AvgIpc) is 2.49. The molecule has 0 saturated heterocycles. The van der Waals surface area contributed by atoms with E-state index in [1.54, 1.807) is 7.11 Å². The molecule has 0 aromatic heterocycles. The number of hydrogen-bond acceptors (Lipinski definition) is 3. The van der Waals surface area contributed by atoms with Crippen LogP contribution in [0.15, 0.2) is 42.5 Å². The van der Waals surface area contributed by atoms with Gasteiger partial charge < -0.3 is 10.5 Å². The smallest absolute Gasteiger partial charge is 0.123 e. The SMILES string of the molecule is COc1ccccc1CN(C)Cc1ccc(CN)cc1Cl. The van der Waals surface area contributed by atoms with Crippen molar-refractivity contribution in [3.63, 3.8) is 0 Å². The summed E-state index contributed by atoms with van der Waals surface area (Å²) in [5.74, 6) is 0.911. The maximum absolute atomic E-state index is 6.31. The van der Waals surface area contributed by atoms with Crippen molar-refractivity contribution >= 4 is 11.6 Å². The Morgan fingerprint density at radius 1 is 1.10 bits per heavy atom. The van der Waals surface area contributed by atoms with Gasteiger partial charge in [0, 0.05) is 30.2 Å². The van der Waals surface area contributed by atoms with E-state index in [1.807, 2.05) is 36.4 Å². The number of nitrogens with two attached hydrogens (primary N) is 1. The number of hydrogen-bond donors (Lipinski definition) is 1. The van der Waals surface area contributed by atoms with Gasteiger partial charge in [-0.3, -0.25) is 4.90 Å². The molecule has 0 fully saturated rings. The monoisotopic (exact) mass is 304 g/mol. The highest BCUT2D eigenvalue weighted by Crippen LogP contribution is 2.22. The number of methoxy groups -OCH3 is 1. The van der Waals surface area contributed by atoms with Crippen LogP contribution in [0.25, 0.3) is 0 Å². The standard InChI is InChI=1S/C17H21ClN2O/c1-20(12-15-5-3-4-6-17(15)21-2)11-14-8-7-13(10-19)9-16(14)18/h3-9H,10-12,19H2,1-2H3. The predicted molar refractivity (Wildman–Crippen MR) is 87.5 cm³/mol. The first-order chi connectivity index (χ1) is 10.1. The van der Waals surface area contributed by atoms with Crippen LogP contribution >= 0.6 is 11.6 Å². The Bertz CT molecular complexity index is 601. The molecule has 112 valence electrons. The molecule has 2 aromatic rings. The predicted octanol–water partition coefficient (Wildman–Crippen LogP) is 3.44. The van der Waals surface area contributed by atoms with Crippen LogP contribution in [0, 0.1) is 0 Å². The van der Waals surface area contributed by atoms with Gasteiger partial charge in [-0.1, -0.05) is 41.9 Å². The second-order valence-electron chi connectivity index (χ2n) is 5.11. The quantitative estimate of drug-likeness (QED) is 0.888. The van der Waals surface area contributed by atoms with Crippen LogP contribution in [0.4, 0.5) is 0 Å². The third kappa shape index (κ3) is 4.21. The fraction of sp³-hybridized carbons (Fsp3) is 0.294. The van der Waals surface area contributed by atoms with Crippen LogP contribution in [0.2, 0.25) is 5.02 Å². The molecular weight excluding hydrogens is 284 g/mol. The van der Waals surface area contributed by atoms with Crippen molar-refractivity contribution in [1.82, 2.24) is 4.90 Å². The molecule has 0 spiro atoms. The van der Waals surface area contributed by atoms with E-state index < -0.39 is 0 Å². The van der Waals surface area contributed by atoms with Crippen molar-refractivity contribution in [3.8, 4) is 5.75 Å².